The second-order valence-corrected chi connectivity index (χ2v) is 3.81. The fraction of sp³-hybridized carbons (Fsp3) is 0. The number of esters is 1. The average Bonchev–Trinajstić information content (AvgIpc) is 2.93. The summed E-state index contributed by atoms with van der Waals surface area (Å²) in [5.41, 5.74) is 0.211. The van der Waals surface area contributed by atoms with Crippen LogP contribution in [-0.2, 0) is 0 Å². The number of ether oxygens (including phenoxy) is 1. The third-order valence-corrected chi connectivity index (χ3v) is 2.57. The molecule has 94 valence electrons. The van der Waals surface area contributed by atoms with Crippen LogP contribution in [0, 0.1) is 0 Å². The van der Waals surface area contributed by atoms with E-state index in [0.717, 1.165) is 0 Å². The van der Waals surface area contributed by atoms with Gasteiger partial charge in [0.15, 0.2) is 5.43 Å². The molecule has 1 aromatic carbocycles. The third-order valence-electron chi connectivity index (χ3n) is 2.57. The standard InChI is InChI=1S/C14H8O5/c15-11-5-7-18-13-8-9(3-4-10(11)13)19-14(16)12-2-1-6-17-12/h1-8H. The Morgan fingerprint density at radius 2 is 1.95 bits per heavy atom. The topological polar surface area (TPSA) is 69.7 Å². The van der Waals surface area contributed by atoms with Gasteiger partial charge < -0.3 is 13.6 Å². The van der Waals surface area contributed by atoms with Crippen LogP contribution in [0.15, 0.2) is 62.6 Å². The predicted molar refractivity (Wildman–Crippen MR) is 66.2 cm³/mol. The van der Waals surface area contributed by atoms with Crippen molar-refractivity contribution in [1.82, 2.24) is 0 Å². The van der Waals surface area contributed by atoms with E-state index in [0.29, 0.717) is 11.0 Å². The first-order valence-electron chi connectivity index (χ1n) is 5.51. The van der Waals surface area contributed by atoms with Crippen LogP contribution in [0.4, 0.5) is 0 Å². The summed E-state index contributed by atoms with van der Waals surface area (Å²) in [4.78, 5) is 23.2. The van der Waals surface area contributed by atoms with E-state index in [1.165, 1.54) is 36.8 Å². The molecule has 0 bridgehead atoms. The van der Waals surface area contributed by atoms with Crippen molar-refractivity contribution >= 4 is 16.9 Å². The molecular weight excluding hydrogens is 248 g/mol. The number of rotatable bonds is 2. The van der Waals surface area contributed by atoms with Crippen LogP contribution in [-0.4, -0.2) is 5.97 Å². The lowest BCUT2D eigenvalue weighted by molar-refractivity contribution is 0.0701. The second kappa shape index (κ2) is 4.45. The van der Waals surface area contributed by atoms with E-state index in [9.17, 15) is 9.59 Å². The van der Waals surface area contributed by atoms with Crippen molar-refractivity contribution in [3.8, 4) is 5.75 Å². The zero-order valence-electron chi connectivity index (χ0n) is 9.66. The summed E-state index contributed by atoms with van der Waals surface area (Å²) in [6.07, 6.45) is 2.68. The Morgan fingerprint density at radius 1 is 1.05 bits per heavy atom. The van der Waals surface area contributed by atoms with Crippen molar-refractivity contribution in [3.63, 3.8) is 0 Å². The molecule has 0 fully saturated rings. The molecule has 19 heavy (non-hydrogen) atoms. The minimum absolute atomic E-state index is 0.106. The SMILES string of the molecule is O=C(Oc1ccc2c(=O)ccoc2c1)c1ccco1. The van der Waals surface area contributed by atoms with Gasteiger partial charge in [-0.3, -0.25) is 4.79 Å². The Morgan fingerprint density at radius 3 is 2.74 bits per heavy atom. The first kappa shape index (κ1) is 11.3. The molecule has 0 aliphatic carbocycles. The quantitative estimate of drug-likeness (QED) is 0.520. The number of carbonyl (C=O) groups excluding carboxylic acids is 1. The van der Waals surface area contributed by atoms with E-state index in [4.69, 9.17) is 13.6 Å². The maximum Gasteiger partial charge on any atom is 0.379 e. The molecule has 5 nitrogen and oxygen atoms in total. The fourth-order valence-corrected chi connectivity index (χ4v) is 1.68. The minimum atomic E-state index is -0.609. The smallest absolute Gasteiger partial charge is 0.379 e. The molecule has 0 aliphatic heterocycles. The van der Waals surface area contributed by atoms with E-state index >= 15 is 0 Å². The van der Waals surface area contributed by atoms with Gasteiger partial charge in [-0.25, -0.2) is 4.79 Å². The molecule has 0 N–H and O–H groups in total. The lowest BCUT2D eigenvalue weighted by Crippen LogP contribution is -2.07. The lowest BCUT2D eigenvalue weighted by atomic mass is 10.2. The number of furan rings is 1. The van der Waals surface area contributed by atoms with Gasteiger partial charge in [0.25, 0.3) is 0 Å². The average molecular weight is 256 g/mol. The molecule has 0 amide bonds. The molecule has 2 heterocycles. The van der Waals surface area contributed by atoms with Crippen molar-refractivity contribution in [2.75, 3.05) is 0 Å². The minimum Gasteiger partial charge on any atom is -0.464 e. The monoisotopic (exact) mass is 256 g/mol. The summed E-state index contributed by atoms with van der Waals surface area (Å²) in [5, 5.41) is 0.431. The zero-order chi connectivity index (χ0) is 13.2. The lowest BCUT2D eigenvalue weighted by Gasteiger charge is -2.02. The maximum absolute atomic E-state index is 11.7. The summed E-state index contributed by atoms with van der Waals surface area (Å²) in [5.74, 6) is -0.222. The Hall–Kier alpha value is -2.82. The second-order valence-electron chi connectivity index (χ2n) is 3.81. The van der Waals surface area contributed by atoms with Crippen molar-refractivity contribution < 1.29 is 18.4 Å². The van der Waals surface area contributed by atoms with Gasteiger partial charge in [0.2, 0.25) is 5.76 Å². The van der Waals surface area contributed by atoms with Gasteiger partial charge >= 0.3 is 5.97 Å². The molecular formula is C14H8O5. The van der Waals surface area contributed by atoms with Crippen LogP contribution in [0.3, 0.4) is 0 Å². The molecule has 5 heteroatoms. The molecule has 0 unspecified atom stereocenters. The first-order valence-corrected chi connectivity index (χ1v) is 5.51. The van der Waals surface area contributed by atoms with Crippen molar-refractivity contribution in [2.45, 2.75) is 0 Å². The molecule has 0 radical (unpaired) electrons. The van der Waals surface area contributed by atoms with E-state index in [1.54, 1.807) is 12.1 Å². The number of benzene rings is 1. The predicted octanol–water partition coefficient (Wildman–Crippen LogP) is 2.61. The van der Waals surface area contributed by atoms with Gasteiger partial charge in [-0.15, -0.1) is 0 Å². The molecule has 0 aliphatic rings. The van der Waals surface area contributed by atoms with E-state index in [2.05, 4.69) is 0 Å². The van der Waals surface area contributed by atoms with Gasteiger partial charge in [0.05, 0.1) is 17.9 Å². The number of hydrogen-bond donors (Lipinski definition) is 0. The molecule has 0 saturated carbocycles. The molecule has 0 atom stereocenters. The Bertz CT molecular complexity index is 783. The largest absolute Gasteiger partial charge is 0.464 e. The summed E-state index contributed by atoms with van der Waals surface area (Å²) >= 11 is 0. The van der Waals surface area contributed by atoms with E-state index in [-0.39, 0.29) is 16.9 Å². The van der Waals surface area contributed by atoms with Crippen LogP contribution in [0.5, 0.6) is 5.75 Å². The molecule has 3 aromatic rings. The van der Waals surface area contributed by atoms with Crippen LogP contribution < -0.4 is 10.2 Å². The maximum atomic E-state index is 11.7. The van der Waals surface area contributed by atoms with E-state index in [1.807, 2.05) is 0 Å². The Balaban J connectivity index is 1.94. The van der Waals surface area contributed by atoms with Gasteiger partial charge in [0, 0.05) is 12.1 Å². The molecule has 0 saturated heterocycles. The van der Waals surface area contributed by atoms with Gasteiger partial charge in [-0.2, -0.15) is 0 Å². The van der Waals surface area contributed by atoms with E-state index < -0.39 is 5.97 Å². The molecule has 2 aromatic heterocycles. The van der Waals surface area contributed by atoms with Gasteiger partial charge in [-0.1, -0.05) is 0 Å². The Kier molecular flexibility index (Phi) is 2.64. The summed E-state index contributed by atoms with van der Waals surface area (Å²) < 4.78 is 15.2. The van der Waals surface area contributed by atoms with Crippen molar-refractivity contribution in [1.29, 1.82) is 0 Å². The van der Waals surface area contributed by atoms with Crippen LogP contribution >= 0.6 is 0 Å². The first-order chi connectivity index (χ1) is 9.24. The third kappa shape index (κ3) is 2.13. The van der Waals surface area contributed by atoms with Crippen LogP contribution in [0.1, 0.15) is 10.6 Å². The van der Waals surface area contributed by atoms with Gasteiger partial charge in [0.1, 0.15) is 11.3 Å². The van der Waals surface area contributed by atoms with Crippen molar-refractivity contribution in [2.24, 2.45) is 0 Å². The fourth-order valence-electron chi connectivity index (χ4n) is 1.68. The highest BCUT2D eigenvalue weighted by Gasteiger charge is 2.12. The highest BCUT2D eigenvalue weighted by molar-refractivity contribution is 5.88. The molecule has 3 rings (SSSR count). The highest BCUT2D eigenvalue weighted by atomic mass is 16.5. The zero-order valence-corrected chi connectivity index (χ0v) is 9.66. The van der Waals surface area contributed by atoms with Gasteiger partial charge in [-0.05, 0) is 24.3 Å². The van der Waals surface area contributed by atoms with Crippen LogP contribution in [0.2, 0.25) is 0 Å². The summed E-state index contributed by atoms with van der Waals surface area (Å²) in [7, 11) is 0. The number of carbonyl (C=O) groups is 1. The van der Waals surface area contributed by atoms with Crippen LogP contribution in [0.25, 0.3) is 11.0 Å². The Labute approximate surface area is 107 Å². The summed E-state index contributed by atoms with van der Waals surface area (Å²) in [6.45, 7) is 0. The molecule has 0 spiro atoms. The number of fused-ring (bicyclic) bond motifs is 1. The summed E-state index contributed by atoms with van der Waals surface area (Å²) in [6, 6.07) is 8.99. The normalized spacial score (nSPS) is 10.5. The highest BCUT2D eigenvalue weighted by Crippen LogP contribution is 2.19. The van der Waals surface area contributed by atoms with Crippen molar-refractivity contribution in [3.05, 3.63) is 64.9 Å². The number of hydrogen-bond acceptors (Lipinski definition) is 5.